The number of amides is 2. The first-order chi connectivity index (χ1) is 14.3. The number of alkyl halides is 2. The lowest BCUT2D eigenvalue weighted by atomic mass is 10.0. The summed E-state index contributed by atoms with van der Waals surface area (Å²) in [5.74, 6) is -0.982. The van der Waals surface area contributed by atoms with E-state index in [9.17, 15) is 18.4 Å². The molecule has 1 unspecified atom stereocenters. The van der Waals surface area contributed by atoms with E-state index in [-0.39, 0.29) is 23.8 Å². The summed E-state index contributed by atoms with van der Waals surface area (Å²) in [6.45, 7) is 1.68. The molecule has 1 saturated carbocycles. The predicted molar refractivity (Wildman–Crippen MR) is 105 cm³/mol. The fourth-order valence-corrected chi connectivity index (χ4v) is 4.26. The molecule has 1 aromatic carbocycles. The summed E-state index contributed by atoms with van der Waals surface area (Å²) >= 11 is 0. The zero-order chi connectivity index (χ0) is 21.4. The van der Waals surface area contributed by atoms with Gasteiger partial charge in [-0.15, -0.1) is 0 Å². The molecule has 2 aliphatic heterocycles. The fraction of sp³-hybridized carbons (Fsp3) is 0.571. The van der Waals surface area contributed by atoms with Crippen molar-refractivity contribution in [3.8, 4) is 0 Å². The number of piperidine rings is 1. The van der Waals surface area contributed by atoms with Gasteiger partial charge in [0.15, 0.2) is 6.23 Å². The monoisotopic (exact) mass is 420 g/mol. The van der Waals surface area contributed by atoms with Gasteiger partial charge in [0.25, 0.3) is 11.8 Å². The average Bonchev–Trinajstić information content (AvgIpc) is 3.53. The number of nitrogens with zero attached hydrogens (tertiary/aromatic N) is 2. The summed E-state index contributed by atoms with van der Waals surface area (Å²) in [7, 11) is 0. The standard InChI is InChI=1S/C21H26F2N4O3/c22-17(23)19(25)30-18(24)13-6-7-14-10-26(21(29)16(14)9-13)11-15-3-1-2-8-27(15)20(28)12-4-5-12/h6-7,9,12,15,17-18,25H,1-5,8,10-11,24H2/t15-,18?/m1/s1. The number of nitrogens with one attached hydrogen (secondary N) is 1. The molecule has 1 aliphatic carbocycles. The first-order valence-corrected chi connectivity index (χ1v) is 10.4. The van der Waals surface area contributed by atoms with E-state index in [4.69, 9.17) is 15.9 Å². The minimum atomic E-state index is -3.04. The second-order valence-corrected chi connectivity index (χ2v) is 8.26. The highest BCUT2D eigenvalue weighted by molar-refractivity contribution is 5.98. The average molecular weight is 420 g/mol. The molecule has 0 radical (unpaired) electrons. The van der Waals surface area contributed by atoms with Crippen molar-refractivity contribution in [1.29, 1.82) is 5.41 Å². The van der Waals surface area contributed by atoms with Crippen LogP contribution in [0.1, 0.15) is 59.8 Å². The van der Waals surface area contributed by atoms with E-state index in [2.05, 4.69) is 0 Å². The van der Waals surface area contributed by atoms with Gasteiger partial charge in [0, 0.05) is 42.7 Å². The van der Waals surface area contributed by atoms with Crippen molar-refractivity contribution in [2.24, 2.45) is 11.7 Å². The van der Waals surface area contributed by atoms with Crippen molar-refractivity contribution < 1.29 is 23.1 Å². The molecule has 2 heterocycles. The molecule has 0 aromatic heterocycles. The third kappa shape index (κ3) is 4.16. The van der Waals surface area contributed by atoms with Crippen molar-refractivity contribution in [3.05, 3.63) is 34.9 Å². The normalized spacial score (nSPS) is 22.3. The molecule has 162 valence electrons. The first kappa shape index (κ1) is 20.7. The number of halogens is 2. The van der Waals surface area contributed by atoms with E-state index in [0.717, 1.165) is 44.2 Å². The number of benzene rings is 1. The van der Waals surface area contributed by atoms with Crippen LogP contribution in [0.4, 0.5) is 8.78 Å². The van der Waals surface area contributed by atoms with E-state index in [1.807, 2.05) is 4.90 Å². The Kier molecular flexibility index (Phi) is 5.73. The molecule has 3 aliphatic rings. The maximum absolute atomic E-state index is 13.0. The van der Waals surface area contributed by atoms with E-state index < -0.39 is 18.6 Å². The SMILES string of the molecule is N=C(OC(N)c1ccc2c(c1)C(=O)N(C[C@H]1CCCCN1C(=O)C1CC1)C2)C(F)F. The number of hydrogen-bond donors (Lipinski definition) is 2. The van der Waals surface area contributed by atoms with E-state index in [0.29, 0.717) is 24.2 Å². The molecule has 0 bridgehead atoms. The quantitative estimate of drug-likeness (QED) is 0.420. The Morgan fingerprint density at radius 2 is 2.03 bits per heavy atom. The van der Waals surface area contributed by atoms with E-state index in [1.165, 1.54) is 0 Å². The second kappa shape index (κ2) is 8.29. The second-order valence-electron chi connectivity index (χ2n) is 8.26. The first-order valence-electron chi connectivity index (χ1n) is 10.4. The predicted octanol–water partition coefficient (Wildman–Crippen LogP) is 2.65. The number of carbonyl (C=O) groups is 2. The molecule has 4 rings (SSSR count). The molecule has 7 nitrogen and oxygen atoms in total. The summed E-state index contributed by atoms with van der Waals surface area (Å²) < 4.78 is 29.8. The molecule has 0 spiro atoms. The minimum Gasteiger partial charge on any atom is -0.454 e. The fourth-order valence-electron chi connectivity index (χ4n) is 4.26. The van der Waals surface area contributed by atoms with Crippen LogP contribution in [0.3, 0.4) is 0 Å². The van der Waals surface area contributed by atoms with E-state index in [1.54, 1.807) is 23.1 Å². The number of hydrogen-bond acceptors (Lipinski definition) is 5. The van der Waals surface area contributed by atoms with Gasteiger partial charge >= 0.3 is 6.43 Å². The van der Waals surface area contributed by atoms with Crippen LogP contribution in [0.2, 0.25) is 0 Å². The summed E-state index contributed by atoms with van der Waals surface area (Å²) in [4.78, 5) is 29.3. The Labute approximate surface area is 173 Å². The highest BCUT2D eigenvalue weighted by Crippen LogP contribution is 2.34. The Balaban J connectivity index is 1.44. The van der Waals surface area contributed by atoms with Gasteiger partial charge in [0.05, 0.1) is 0 Å². The maximum atomic E-state index is 13.0. The molecule has 1 aromatic rings. The van der Waals surface area contributed by atoms with Gasteiger partial charge < -0.3 is 14.5 Å². The lowest BCUT2D eigenvalue weighted by Gasteiger charge is -2.38. The van der Waals surface area contributed by atoms with Gasteiger partial charge in [-0.3, -0.25) is 20.7 Å². The summed E-state index contributed by atoms with van der Waals surface area (Å²) in [5, 5.41) is 7.12. The van der Waals surface area contributed by atoms with Crippen molar-refractivity contribution >= 4 is 17.7 Å². The van der Waals surface area contributed by atoms with Crippen LogP contribution in [-0.4, -0.2) is 53.1 Å². The lowest BCUT2D eigenvalue weighted by molar-refractivity contribution is -0.136. The third-order valence-corrected chi connectivity index (χ3v) is 6.06. The maximum Gasteiger partial charge on any atom is 0.312 e. The van der Waals surface area contributed by atoms with Gasteiger partial charge in [-0.05, 0) is 43.7 Å². The highest BCUT2D eigenvalue weighted by atomic mass is 19.3. The molecule has 30 heavy (non-hydrogen) atoms. The van der Waals surface area contributed by atoms with Crippen molar-refractivity contribution in [2.75, 3.05) is 13.1 Å². The van der Waals surface area contributed by atoms with Crippen molar-refractivity contribution in [2.45, 2.75) is 57.3 Å². The van der Waals surface area contributed by atoms with Crippen LogP contribution in [0.5, 0.6) is 0 Å². The van der Waals surface area contributed by atoms with Crippen LogP contribution in [0, 0.1) is 11.3 Å². The number of ether oxygens (including phenoxy) is 1. The Bertz CT molecular complexity index is 859. The van der Waals surface area contributed by atoms with E-state index >= 15 is 0 Å². The number of nitrogens with two attached hydrogens (primary N) is 1. The Hall–Kier alpha value is -2.55. The molecule has 2 fully saturated rings. The molecular formula is C21H26F2N4O3. The van der Waals surface area contributed by atoms with Gasteiger partial charge in [0.2, 0.25) is 5.91 Å². The third-order valence-electron chi connectivity index (χ3n) is 6.06. The summed E-state index contributed by atoms with van der Waals surface area (Å²) in [5.41, 5.74) is 7.43. The Morgan fingerprint density at radius 1 is 1.27 bits per heavy atom. The highest BCUT2D eigenvalue weighted by Gasteiger charge is 2.39. The number of likely N-dealkylation sites (tertiary alicyclic amines) is 1. The topological polar surface area (TPSA) is 99.7 Å². The van der Waals surface area contributed by atoms with Crippen molar-refractivity contribution in [3.63, 3.8) is 0 Å². The molecule has 2 atom stereocenters. The zero-order valence-electron chi connectivity index (χ0n) is 16.7. The van der Waals surface area contributed by atoms with Crippen LogP contribution in [-0.2, 0) is 16.1 Å². The molecule has 3 N–H and O–H groups in total. The summed E-state index contributed by atoms with van der Waals surface area (Å²) in [6, 6.07) is 4.95. The number of fused-ring (bicyclic) bond motifs is 1. The molecular weight excluding hydrogens is 394 g/mol. The van der Waals surface area contributed by atoms with Gasteiger partial charge in [0.1, 0.15) is 0 Å². The van der Waals surface area contributed by atoms with Crippen LogP contribution < -0.4 is 5.73 Å². The molecule has 1 saturated heterocycles. The molecule has 2 amide bonds. The van der Waals surface area contributed by atoms with Crippen LogP contribution in [0.15, 0.2) is 18.2 Å². The zero-order valence-corrected chi connectivity index (χ0v) is 16.7. The van der Waals surface area contributed by atoms with Crippen molar-refractivity contribution in [1.82, 2.24) is 9.80 Å². The van der Waals surface area contributed by atoms with Crippen LogP contribution in [0.25, 0.3) is 0 Å². The largest absolute Gasteiger partial charge is 0.454 e. The van der Waals surface area contributed by atoms with Crippen LogP contribution >= 0.6 is 0 Å². The summed E-state index contributed by atoms with van der Waals surface area (Å²) in [6.07, 6.45) is 0.564. The minimum absolute atomic E-state index is 0.0293. The van der Waals surface area contributed by atoms with Gasteiger partial charge in [-0.2, -0.15) is 8.78 Å². The number of rotatable bonds is 6. The molecule has 9 heteroatoms. The Morgan fingerprint density at radius 3 is 2.73 bits per heavy atom. The number of carbonyl (C=O) groups excluding carboxylic acids is 2. The smallest absolute Gasteiger partial charge is 0.312 e. The lowest BCUT2D eigenvalue weighted by Crippen LogP contribution is -2.50. The van der Waals surface area contributed by atoms with Gasteiger partial charge in [-0.1, -0.05) is 12.1 Å². The van der Waals surface area contributed by atoms with Gasteiger partial charge in [-0.25, -0.2) is 0 Å².